The Kier molecular flexibility index (Phi) is 5.51. The Hall–Kier alpha value is -3.47. The van der Waals surface area contributed by atoms with Crippen molar-refractivity contribution < 1.29 is 18.0 Å². The van der Waals surface area contributed by atoms with Gasteiger partial charge >= 0.3 is 6.18 Å². The molecule has 0 aliphatic carbocycles. The number of nitrogens with zero attached hydrogens (tertiary/aromatic N) is 6. The first-order chi connectivity index (χ1) is 16.2. The fraction of sp³-hybridized carbons (Fsp3) is 0.304. The molecule has 0 atom stereocenters. The van der Waals surface area contributed by atoms with E-state index < -0.39 is 11.9 Å². The normalized spacial score (nSPS) is 14.7. The van der Waals surface area contributed by atoms with Crippen molar-refractivity contribution >= 4 is 34.0 Å². The topological polar surface area (TPSA) is 67.2 Å². The fourth-order valence-electron chi connectivity index (χ4n) is 4.09. The van der Waals surface area contributed by atoms with E-state index >= 15 is 0 Å². The number of anilines is 1. The van der Waals surface area contributed by atoms with Crippen LogP contribution in [0.15, 0.2) is 41.2 Å². The molecule has 1 amide bonds. The van der Waals surface area contributed by atoms with Crippen molar-refractivity contribution in [3.8, 4) is 11.1 Å². The molecule has 176 valence electrons. The van der Waals surface area contributed by atoms with Crippen LogP contribution in [0.5, 0.6) is 0 Å². The maximum Gasteiger partial charge on any atom is 0.433 e. The monoisotopic (exact) mass is 486 g/mol. The lowest BCUT2D eigenvalue weighted by Crippen LogP contribution is -2.49. The molecule has 1 aliphatic rings. The van der Waals surface area contributed by atoms with Crippen molar-refractivity contribution in [2.24, 2.45) is 7.05 Å². The summed E-state index contributed by atoms with van der Waals surface area (Å²) < 4.78 is 41.9. The lowest BCUT2D eigenvalue weighted by molar-refractivity contribution is -0.140. The van der Waals surface area contributed by atoms with E-state index in [2.05, 4.69) is 15.1 Å². The van der Waals surface area contributed by atoms with Gasteiger partial charge in [-0.25, -0.2) is 9.97 Å². The van der Waals surface area contributed by atoms with Crippen LogP contribution in [-0.4, -0.2) is 56.7 Å². The second-order valence-electron chi connectivity index (χ2n) is 8.17. The average Bonchev–Trinajstić information content (AvgIpc) is 3.47. The molecule has 0 saturated carbocycles. The van der Waals surface area contributed by atoms with Crippen LogP contribution in [-0.2, 0) is 13.2 Å². The first-order valence-corrected chi connectivity index (χ1v) is 11.6. The molecule has 5 heterocycles. The number of halogens is 3. The quantitative estimate of drug-likeness (QED) is 0.430. The number of rotatable bonds is 3. The van der Waals surface area contributed by atoms with Crippen LogP contribution in [0.3, 0.4) is 0 Å². The van der Waals surface area contributed by atoms with Crippen molar-refractivity contribution in [1.29, 1.82) is 0 Å². The minimum atomic E-state index is -4.54. The molecule has 1 saturated heterocycles. The number of alkyl halides is 3. The second kappa shape index (κ2) is 8.39. The lowest BCUT2D eigenvalue weighted by Gasteiger charge is -2.35. The Morgan fingerprint density at radius 3 is 2.50 bits per heavy atom. The van der Waals surface area contributed by atoms with Gasteiger partial charge in [-0.1, -0.05) is 0 Å². The van der Waals surface area contributed by atoms with Crippen molar-refractivity contribution in [2.45, 2.75) is 13.1 Å². The molecule has 5 rings (SSSR count). The lowest BCUT2D eigenvalue weighted by atomic mass is 10.1. The molecule has 0 aromatic carbocycles. The number of aryl methyl sites for hydroxylation is 2. The third kappa shape index (κ3) is 4.00. The van der Waals surface area contributed by atoms with E-state index in [0.29, 0.717) is 48.6 Å². The van der Waals surface area contributed by atoms with E-state index in [0.717, 1.165) is 17.3 Å². The van der Waals surface area contributed by atoms with Gasteiger partial charge in [0.25, 0.3) is 5.91 Å². The smallest absolute Gasteiger partial charge is 0.353 e. The molecule has 1 fully saturated rings. The average molecular weight is 487 g/mol. The SMILES string of the molecule is Cc1cc(C(=O)N2CCN(c3ncc(-c4ccsc4)c4nc(C(F)(F)F)ccc34)CC2)nn1C. The van der Waals surface area contributed by atoms with Gasteiger partial charge in [0.1, 0.15) is 11.5 Å². The largest absolute Gasteiger partial charge is 0.433 e. The summed E-state index contributed by atoms with van der Waals surface area (Å²) >= 11 is 1.46. The van der Waals surface area contributed by atoms with Gasteiger partial charge in [0.15, 0.2) is 5.69 Å². The molecule has 34 heavy (non-hydrogen) atoms. The maximum absolute atomic E-state index is 13.4. The van der Waals surface area contributed by atoms with Crippen LogP contribution in [0.25, 0.3) is 22.0 Å². The fourth-order valence-corrected chi connectivity index (χ4v) is 4.74. The van der Waals surface area contributed by atoms with Crippen LogP contribution < -0.4 is 4.90 Å². The van der Waals surface area contributed by atoms with Gasteiger partial charge in [-0.15, -0.1) is 0 Å². The number of thiophene rings is 1. The van der Waals surface area contributed by atoms with E-state index in [1.807, 2.05) is 28.7 Å². The van der Waals surface area contributed by atoms with Crippen molar-refractivity contribution in [2.75, 3.05) is 31.1 Å². The summed E-state index contributed by atoms with van der Waals surface area (Å²) in [5, 5.41) is 8.54. The number of aromatic nitrogens is 4. The van der Waals surface area contributed by atoms with Crippen molar-refractivity contribution in [3.63, 3.8) is 0 Å². The number of amides is 1. The molecule has 0 spiro atoms. The van der Waals surface area contributed by atoms with E-state index in [-0.39, 0.29) is 11.4 Å². The maximum atomic E-state index is 13.4. The summed E-state index contributed by atoms with van der Waals surface area (Å²) in [6.07, 6.45) is -2.96. The summed E-state index contributed by atoms with van der Waals surface area (Å²) in [6, 6.07) is 6.04. The molecule has 0 unspecified atom stereocenters. The molecule has 11 heteroatoms. The summed E-state index contributed by atoms with van der Waals surface area (Å²) in [4.78, 5) is 25.2. The van der Waals surface area contributed by atoms with E-state index in [4.69, 9.17) is 0 Å². The van der Waals surface area contributed by atoms with Gasteiger partial charge in [0, 0.05) is 56.1 Å². The number of hydrogen-bond donors (Lipinski definition) is 0. The first-order valence-electron chi connectivity index (χ1n) is 10.7. The zero-order chi connectivity index (χ0) is 24.0. The summed E-state index contributed by atoms with van der Waals surface area (Å²) in [6.45, 7) is 3.80. The number of carbonyl (C=O) groups is 1. The first kappa shape index (κ1) is 22.3. The summed E-state index contributed by atoms with van der Waals surface area (Å²) in [5.41, 5.74) is 1.97. The van der Waals surface area contributed by atoms with Crippen LogP contribution >= 0.6 is 11.3 Å². The Balaban J connectivity index is 1.45. The molecule has 4 aromatic rings. The van der Waals surface area contributed by atoms with Gasteiger partial charge in [0.2, 0.25) is 0 Å². The van der Waals surface area contributed by atoms with Gasteiger partial charge < -0.3 is 9.80 Å². The standard InChI is InChI=1S/C23H21F3N6OS/c1-14-11-18(29-30(14)2)22(33)32-8-6-31(7-9-32)21-16-3-4-19(23(24,25)26)28-20(16)17(12-27-21)15-5-10-34-13-15/h3-5,10-13H,6-9H2,1-2H3. The van der Waals surface area contributed by atoms with E-state index in [1.54, 1.807) is 28.9 Å². The minimum absolute atomic E-state index is 0.134. The van der Waals surface area contributed by atoms with E-state index in [1.165, 1.54) is 17.4 Å². The number of piperazine rings is 1. The van der Waals surface area contributed by atoms with Crippen molar-refractivity contribution in [1.82, 2.24) is 24.6 Å². The van der Waals surface area contributed by atoms with Crippen LogP contribution in [0.2, 0.25) is 0 Å². The van der Waals surface area contributed by atoms with Crippen LogP contribution in [0, 0.1) is 6.92 Å². The third-order valence-electron chi connectivity index (χ3n) is 6.03. The molecule has 0 radical (unpaired) electrons. The number of fused-ring (bicyclic) bond motifs is 1. The Labute approximate surface area is 197 Å². The van der Waals surface area contributed by atoms with Crippen molar-refractivity contribution in [3.05, 3.63) is 58.3 Å². The molecule has 0 bridgehead atoms. The highest BCUT2D eigenvalue weighted by Crippen LogP contribution is 2.36. The molecule has 4 aromatic heterocycles. The van der Waals surface area contributed by atoms with Gasteiger partial charge in [-0.05, 0) is 47.5 Å². The number of hydrogen-bond acceptors (Lipinski definition) is 6. The highest BCUT2D eigenvalue weighted by molar-refractivity contribution is 7.08. The predicted octanol–water partition coefficient (Wildman–Crippen LogP) is 4.38. The Morgan fingerprint density at radius 1 is 1.12 bits per heavy atom. The van der Waals surface area contributed by atoms with E-state index in [9.17, 15) is 18.0 Å². The molecule has 7 nitrogen and oxygen atoms in total. The second-order valence-corrected chi connectivity index (χ2v) is 8.95. The van der Waals surface area contributed by atoms with Gasteiger partial charge in [-0.3, -0.25) is 9.48 Å². The molecular formula is C23H21F3N6OS. The Bertz CT molecular complexity index is 1340. The van der Waals surface area contributed by atoms with Gasteiger partial charge in [0.05, 0.1) is 5.52 Å². The molecular weight excluding hydrogens is 465 g/mol. The minimum Gasteiger partial charge on any atom is -0.353 e. The summed E-state index contributed by atoms with van der Waals surface area (Å²) in [7, 11) is 1.79. The summed E-state index contributed by atoms with van der Waals surface area (Å²) in [5.74, 6) is 0.432. The van der Waals surface area contributed by atoms with Gasteiger partial charge in [-0.2, -0.15) is 29.6 Å². The molecule has 0 N–H and O–H groups in total. The zero-order valence-electron chi connectivity index (χ0n) is 18.5. The highest BCUT2D eigenvalue weighted by atomic mass is 32.1. The highest BCUT2D eigenvalue weighted by Gasteiger charge is 2.33. The Morgan fingerprint density at radius 2 is 1.88 bits per heavy atom. The third-order valence-corrected chi connectivity index (χ3v) is 6.71. The number of pyridine rings is 2. The number of carbonyl (C=O) groups excluding carboxylic acids is 1. The predicted molar refractivity (Wildman–Crippen MR) is 124 cm³/mol. The molecule has 1 aliphatic heterocycles. The van der Waals surface area contributed by atoms with Crippen LogP contribution in [0.1, 0.15) is 21.9 Å². The zero-order valence-corrected chi connectivity index (χ0v) is 19.3. The van der Waals surface area contributed by atoms with Crippen LogP contribution in [0.4, 0.5) is 19.0 Å².